The third kappa shape index (κ3) is 6.42. The summed E-state index contributed by atoms with van der Waals surface area (Å²) in [5.74, 6) is -0.358. The molecule has 0 aliphatic carbocycles. The largest absolute Gasteiger partial charge is 0.309 e. The number of amides is 1. The second kappa shape index (κ2) is 11.7. The molecule has 0 aliphatic rings. The van der Waals surface area contributed by atoms with Gasteiger partial charge in [0.2, 0.25) is 6.41 Å². The van der Waals surface area contributed by atoms with Gasteiger partial charge in [0.15, 0.2) is 0 Å². The Labute approximate surface area is 181 Å². The second-order valence-electron chi connectivity index (χ2n) is 6.42. The minimum Gasteiger partial charge on any atom is -0.309 e. The molecule has 0 atom stereocenters. The van der Waals surface area contributed by atoms with Gasteiger partial charge in [-0.25, -0.2) is 4.39 Å². The Morgan fingerprint density at radius 2 is 1.77 bits per heavy atom. The Kier molecular flexibility index (Phi) is 9.03. The molecule has 2 rings (SSSR count). The topological polar surface area (TPSA) is 37.4 Å². The number of benzene rings is 2. The second-order valence-corrected chi connectivity index (χ2v) is 7.71. The number of hydrogen-bond donors (Lipinski definition) is 0. The minimum absolute atomic E-state index is 0.106. The van der Waals surface area contributed by atoms with E-state index in [1.807, 2.05) is 44.2 Å². The zero-order chi connectivity index (χ0) is 21.9. The molecule has 0 bridgehead atoms. The summed E-state index contributed by atoms with van der Waals surface area (Å²) < 4.78 is 14.1. The van der Waals surface area contributed by atoms with E-state index in [1.54, 1.807) is 36.4 Å². The van der Waals surface area contributed by atoms with Crippen LogP contribution in [0.25, 0.3) is 6.08 Å². The molecule has 0 N–H and O–H groups in total. The fourth-order valence-corrected chi connectivity index (χ4v) is 3.83. The molecule has 0 spiro atoms. The maximum atomic E-state index is 14.1. The quantitative estimate of drug-likeness (QED) is 0.331. The van der Waals surface area contributed by atoms with Crippen LogP contribution >= 0.6 is 11.8 Å². The normalized spacial score (nSPS) is 12.4. The van der Waals surface area contributed by atoms with Crippen molar-refractivity contribution < 1.29 is 14.0 Å². The van der Waals surface area contributed by atoms with Crippen LogP contribution in [0.5, 0.6) is 0 Å². The van der Waals surface area contributed by atoms with E-state index in [1.165, 1.54) is 22.7 Å². The highest BCUT2D eigenvalue weighted by Gasteiger charge is 2.14. The Morgan fingerprint density at radius 3 is 2.33 bits per heavy atom. The van der Waals surface area contributed by atoms with Gasteiger partial charge < -0.3 is 4.90 Å². The predicted octanol–water partition coefficient (Wildman–Crippen LogP) is 6.36. The zero-order valence-electron chi connectivity index (χ0n) is 17.0. The molecular weight excluding hydrogens is 397 g/mol. The number of halogens is 1. The standard InChI is InChI=1S/C25H24FNO2S/c1-4-8-25(30-19(3)15-20-11-13-21(17-28)14-12-20)24(5-2)27(18-29)16-22-9-6-7-10-23(22)26/h4-15,17-18H,2,16H2,1,3H3/b8-4-,19-15-,25-24-. The van der Waals surface area contributed by atoms with Crippen LogP contribution in [0, 0.1) is 5.82 Å². The predicted molar refractivity (Wildman–Crippen MR) is 123 cm³/mol. The Morgan fingerprint density at radius 1 is 1.10 bits per heavy atom. The van der Waals surface area contributed by atoms with Gasteiger partial charge in [-0.05, 0) is 42.5 Å². The summed E-state index contributed by atoms with van der Waals surface area (Å²) >= 11 is 1.48. The first-order valence-electron chi connectivity index (χ1n) is 9.38. The summed E-state index contributed by atoms with van der Waals surface area (Å²) in [5.41, 5.74) is 2.61. The molecule has 2 aromatic rings. The number of aldehydes is 1. The van der Waals surface area contributed by atoms with Crippen LogP contribution < -0.4 is 0 Å². The number of carbonyl (C=O) groups is 2. The summed E-state index contributed by atoms with van der Waals surface area (Å²) in [5, 5.41) is 0. The van der Waals surface area contributed by atoms with Crippen molar-refractivity contribution in [2.75, 3.05) is 0 Å². The van der Waals surface area contributed by atoms with Crippen LogP contribution in [-0.4, -0.2) is 17.6 Å². The summed E-state index contributed by atoms with van der Waals surface area (Å²) in [7, 11) is 0. The Bertz CT molecular complexity index is 990. The molecule has 0 aliphatic heterocycles. The number of nitrogens with zero attached hydrogens (tertiary/aromatic N) is 1. The average molecular weight is 422 g/mol. The van der Waals surface area contributed by atoms with Crippen LogP contribution in [0.2, 0.25) is 0 Å². The van der Waals surface area contributed by atoms with Gasteiger partial charge >= 0.3 is 0 Å². The molecule has 0 fully saturated rings. The Balaban J connectivity index is 2.35. The highest BCUT2D eigenvalue weighted by Crippen LogP contribution is 2.32. The van der Waals surface area contributed by atoms with E-state index in [9.17, 15) is 14.0 Å². The highest BCUT2D eigenvalue weighted by atomic mass is 32.2. The third-order valence-electron chi connectivity index (χ3n) is 4.21. The molecule has 0 aromatic heterocycles. The van der Waals surface area contributed by atoms with E-state index in [4.69, 9.17) is 0 Å². The fraction of sp³-hybridized carbons (Fsp3) is 0.120. The van der Waals surface area contributed by atoms with Gasteiger partial charge in [-0.1, -0.05) is 73.0 Å². The van der Waals surface area contributed by atoms with Crippen LogP contribution in [0.4, 0.5) is 4.39 Å². The fourth-order valence-electron chi connectivity index (χ4n) is 2.78. The first kappa shape index (κ1) is 23.1. The third-order valence-corrected chi connectivity index (χ3v) is 5.22. The molecule has 0 saturated carbocycles. The van der Waals surface area contributed by atoms with Crippen LogP contribution in [0.15, 0.2) is 88.8 Å². The van der Waals surface area contributed by atoms with Gasteiger partial charge in [-0.3, -0.25) is 9.59 Å². The number of thioether (sulfide) groups is 1. The van der Waals surface area contributed by atoms with Crippen molar-refractivity contribution >= 4 is 30.5 Å². The smallest absolute Gasteiger partial charge is 0.214 e. The lowest BCUT2D eigenvalue weighted by Gasteiger charge is -2.21. The molecule has 2 aromatic carbocycles. The molecule has 0 unspecified atom stereocenters. The number of carbonyl (C=O) groups excluding carboxylic acids is 2. The van der Waals surface area contributed by atoms with E-state index in [2.05, 4.69) is 6.58 Å². The summed E-state index contributed by atoms with van der Waals surface area (Å²) in [6.45, 7) is 7.81. The van der Waals surface area contributed by atoms with E-state index >= 15 is 0 Å². The monoisotopic (exact) mass is 421 g/mol. The molecule has 1 amide bonds. The SMILES string of the molecule is C=C/C(=C(\C=C/C)S/C(C)=C\c1ccc(C=O)cc1)N(C=O)Cc1ccccc1F. The van der Waals surface area contributed by atoms with E-state index in [0.717, 1.165) is 21.7 Å². The van der Waals surface area contributed by atoms with E-state index in [-0.39, 0.29) is 12.4 Å². The van der Waals surface area contributed by atoms with Crippen LogP contribution in [0.1, 0.15) is 35.3 Å². The van der Waals surface area contributed by atoms with Gasteiger partial charge in [0.25, 0.3) is 0 Å². The lowest BCUT2D eigenvalue weighted by Crippen LogP contribution is -2.21. The molecule has 154 valence electrons. The average Bonchev–Trinajstić information content (AvgIpc) is 2.75. The molecule has 30 heavy (non-hydrogen) atoms. The summed E-state index contributed by atoms with van der Waals surface area (Å²) in [4.78, 5) is 25.9. The number of hydrogen-bond acceptors (Lipinski definition) is 3. The lowest BCUT2D eigenvalue weighted by molar-refractivity contribution is -0.116. The molecule has 5 heteroatoms. The van der Waals surface area contributed by atoms with Crippen molar-refractivity contribution in [2.45, 2.75) is 20.4 Å². The van der Waals surface area contributed by atoms with E-state index in [0.29, 0.717) is 23.2 Å². The van der Waals surface area contributed by atoms with Crippen molar-refractivity contribution in [3.05, 3.63) is 111 Å². The van der Waals surface area contributed by atoms with Gasteiger partial charge in [-0.15, -0.1) is 0 Å². The Hall–Kier alpha value is -3.18. The van der Waals surface area contributed by atoms with E-state index < -0.39 is 0 Å². The van der Waals surface area contributed by atoms with Crippen molar-refractivity contribution in [2.24, 2.45) is 0 Å². The molecule has 0 saturated heterocycles. The van der Waals surface area contributed by atoms with Crippen LogP contribution in [0.3, 0.4) is 0 Å². The minimum atomic E-state index is -0.358. The van der Waals surface area contributed by atoms with Crippen molar-refractivity contribution in [3.8, 4) is 0 Å². The molecular formula is C25H24FNO2S. The van der Waals surface area contributed by atoms with Gasteiger partial charge in [0, 0.05) is 16.0 Å². The highest BCUT2D eigenvalue weighted by molar-refractivity contribution is 8.07. The first-order chi connectivity index (χ1) is 14.5. The summed E-state index contributed by atoms with van der Waals surface area (Å²) in [6, 6.07) is 13.7. The zero-order valence-corrected chi connectivity index (χ0v) is 17.9. The molecule has 0 heterocycles. The van der Waals surface area contributed by atoms with Crippen molar-refractivity contribution in [1.82, 2.24) is 4.90 Å². The van der Waals surface area contributed by atoms with Gasteiger partial charge in [-0.2, -0.15) is 0 Å². The van der Waals surface area contributed by atoms with Crippen LogP contribution in [-0.2, 0) is 11.3 Å². The first-order valence-corrected chi connectivity index (χ1v) is 10.2. The maximum Gasteiger partial charge on any atom is 0.214 e. The summed E-state index contributed by atoms with van der Waals surface area (Å²) in [6.07, 6.45) is 8.86. The van der Waals surface area contributed by atoms with Gasteiger partial charge in [0.05, 0.1) is 12.2 Å². The molecule has 3 nitrogen and oxygen atoms in total. The molecule has 0 radical (unpaired) electrons. The lowest BCUT2D eigenvalue weighted by atomic mass is 10.1. The number of allylic oxidation sites excluding steroid dienone is 4. The maximum absolute atomic E-state index is 14.1. The van der Waals surface area contributed by atoms with Crippen molar-refractivity contribution in [1.29, 1.82) is 0 Å². The number of rotatable bonds is 10. The van der Waals surface area contributed by atoms with Gasteiger partial charge in [0.1, 0.15) is 12.1 Å². The van der Waals surface area contributed by atoms with Crippen molar-refractivity contribution in [3.63, 3.8) is 0 Å².